The zero-order chi connectivity index (χ0) is 49.9. The lowest BCUT2D eigenvalue weighted by molar-refractivity contribution is 1.03. The summed E-state index contributed by atoms with van der Waals surface area (Å²) in [5.41, 5.74) is 14.0. The first kappa shape index (κ1) is 45.4. The van der Waals surface area contributed by atoms with Gasteiger partial charge in [-0.2, -0.15) is 0 Å². The summed E-state index contributed by atoms with van der Waals surface area (Å²) in [5, 5.41) is 32.4. The van der Waals surface area contributed by atoms with E-state index in [0.717, 1.165) is 97.1 Å². The second-order valence-electron chi connectivity index (χ2n) is 16.9. The van der Waals surface area contributed by atoms with Gasteiger partial charge in [0.05, 0.1) is 68.3 Å². The fourth-order valence-corrected chi connectivity index (χ4v) is 10.8. The SMILES string of the molecule is C1=C(c2cccc(-c3cccnc3)n2)N=C(c2nnc(-c3cc(-c4nnc(-c5cccc(-c6cccc(-c7ccccn7)n6)n5)s4)cc(-c4nnc(-c5cccc(-c6cccc(-c7ccccn7)n6)n5)s4)c3)s2)CC1. The minimum absolute atomic E-state index is 0.654. The van der Waals surface area contributed by atoms with Crippen LogP contribution in [0.1, 0.15) is 23.5 Å². The van der Waals surface area contributed by atoms with Crippen molar-refractivity contribution in [1.82, 2.24) is 70.5 Å². The Labute approximate surface area is 440 Å². The van der Waals surface area contributed by atoms with Crippen molar-refractivity contribution in [2.24, 2.45) is 4.99 Å². The first-order valence-electron chi connectivity index (χ1n) is 23.7. The van der Waals surface area contributed by atoms with Crippen molar-refractivity contribution in [3.63, 3.8) is 0 Å². The van der Waals surface area contributed by atoms with Gasteiger partial charge in [0.2, 0.25) is 0 Å². The normalized spacial score (nSPS) is 12.3. The van der Waals surface area contributed by atoms with Crippen molar-refractivity contribution >= 4 is 45.4 Å². The number of pyridine rings is 8. The summed E-state index contributed by atoms with van der Waals surface area (Å²) in [6.07, 6.45) is 10.7. The van der Waals surface area contributed by atoms with Gasteiger partial charge >= 0.3 is 0 Å². The number of rotatable bonds is 12. The van der Waals surface area contributed by atoms with Gasteiger partial charge < -0.3 is 0 Å². The monoisotopic (exact) mass is 1030 g/mol. The minimum Gasteiger partial charge on any atom is -0.264 e. The molecule has 18 heteroatoms. The molecule has 12 heterocycles. The largest absolute Gasteiger partial charge is 0.264 e. The van der Waals surface area contributed by atoms with E-state index in [1.54, 1.807) is 18.6 Å². The van der Waals surface area contributed by atoms with Crippen LogP contribution in [0.3, 0.4) is 0 Å². The Bertz CT molecular complexity index is 3920. The Kier molecular flexibility index (Phi) is 12.2. The van der Waals surface area contributed by atoms with Crippen molar-refractivity contribution in [3.05, 3.63) is 199 Å². The van der Waals surface area contributed by atoms with Crippen LogP contribution in [0, 0.1) is 0 Å². The summed E-state index contributed by atoms with van der Waals surface area (Å²) in [4.78, 5) is 43.1. The van der Waals surface area contributed by atoms with E-state index >= 15 is 0 Å². The van der Waals surface area contributed by atoms with Gasteiger partial charge in [0.1, 0.15) is 26.4 Å². The maximum atomic E-state index is 5.09. The lowest BCUT2D eigenvalue weighted by Gasteiger charge is -2.11. The molecule has 0 unspecified atom stereocenters. The molecule has 13 rings (SSSR count). The molecule has 1 aliphatic heterocycles. The smallest absolute Gasteiger partial charge is 0.166 e. The Hall–Kier alpha value is -9.49. The molecule has 0 saturated heterocycles. The average molecular weight is 1030 g/mol. The molecule has 0 N–H and O–H groups in total. The van der Waals surface area contributed by atoms with Gasteiger partial charge in [0.15, 0.2) is 15.0 Å². The van der Waals surface area contributed by atoms with E-state index in [1.165, 1.54) is 34.0 Å². The molecule has 1 aliphatic rings. The van der Waals surface area contributed by atoms with Crippen molar-refractivity contribution in [3.8, 4) is 110 Å². The van der Waals surface area contributed by atoms with Gasteiger partial charge in [0, 0.05) is 47.0 Å². The first-order chi connectivity index (χ1) is 37.1. The Morgan fingerprint density at radius 3 is 1.23 bits per heavy atom. The van der Waals surface area contributed by atoms with E-state index in [9.17, 15) is 0 Å². The van der Waals surface area contributed by atoms with Crippen molar-refractivity contribution in [2.75, 3.05) is 0 Å². The van der Waals surface area contributed by atoms with Crippen LogP contribution in [0.5, 0.6) is 0 Å². The predicted octanol–water partition coefficient (Wildman–Crippen LogP) is 12.7. The standard InChI is InChI=1S/C57H35N15S3/c1-3-28-59-39(13-1)41-16-6-19-44(62-41)47-22-9-25-50(65-47)56-71-68-53(74-56)36-30-35(52-67-70-55(73-52)49-24-8-21-46(64-49)43-18-5-15-38(61-43)34-12-11-27-58-33-34)31-37(32-36)54-69-72-57(75-54)51-26-10-23-48(66-51)45-20-7-17-42(63-45)40-14-2-4-29-60-40/h1-7,9-23,25-33H,8,24H2. The molecule has 356 valence electrons. The third-order valence-corrected chi connectivity index (χ3v) is 15.0. The zero-order valence-electron chi connectivity index (χ0n) is 39.2. The molecule has 0 saturated carbocycles. The van der Waals surface area contributed by atoms with Crippen LogP contribution in [-0.4, -0.2) is 76.2 Å². The average Bonchev–Trinajstić information content (AvgIpc) is 4.32. The van der Waals surface area contributed by atoms with Gasteiger partial charge in [-0.3, -0.25) is 15.0 Å². The summed E-state index contributed by atoms with van der Waals surface area (Å²) in [7, 11) is 0. The quantitative estimate of drug-likeness (QED) is 0.112. The van der Waals surface area contributed by atoms with E-state index in [1.807, 2.05) is 146 Å². The third kappa shape index (κ3) is 9.66. The van der Waals surface area contributed by atoms with Crippen molar-refractivity contribution in [1.29, 1.82) is 0 Å². The first-order valence-corrected chi connectivity index (χ1v) is 26.1. The summed E-state index contributed by atoms with van der Waals surface area (Å²) >= 11 is 4.37. The van der Waals surface area contributed by atoms with Crippen molar-refractivity contribution < 1.29 is 0 Å². The van der Waals surface area contributed by atoms with Crippen LogP contribution in [0.4, 0.5) is 0 Å². The van der Waals surface area contributed by atoms with E-state index in [2.05, 4.69) is 49.4 Å². The second kappa shape index (κ2) is 20.2. The molecule has 12 aromatic rings. The molecule has 0 atom stereocenters. The van der Waals surface area contributed by atoms with Gasteiger partial charge in [0.25, 0.3) is 0 Å². The predicted molar refractivity (Wildman–Crippen MR) is 294 cm³/mol. The molecule has 15 nitrogen and oxygen atoms in total. The Morgan fingerprint density at radius 1 is 0.320 bits per heavy atom. The van der Waals surface area contributed by atoms with Gasteiger partial charge in [-0.1, -0.05) is 82.6 Å². The van der Waals surface area contributed by atoms with Crippen LogP contribution in [0.25, 0.3) is 116 Å². The van der Waals surface area contributed by atoms with E-state index in [4.69, 9.17) is 50.3 Å². The number of hydrogen-bond donors (Lipinski definition) is 0. The molecule has 0 aliphatic carbocycles. The van der Waals surface area contributed by atoms with Crippen LogP contribution in [0.2, 0.25) is 0 Å². The maximum absolute atomic E-state index is 5.09. The Balaban J connectivity index is 0.841. The lowest BCUT2D eigenvalue weighted by atomic mass is 10.1. The summed E-state index contributed by atoms with van der Waals surface area (Å²) in [6, 6.07) is 51.0. The van der Waals surface area contributed by atoms with Gasteiger partial charge in [-0.05, 0) is 128 Å². The molecule has 1 aromatic carbocycles. The molecule has 0 amide bonds. The molecule has 0 spiro atoms. The van der Waals surface area contributed by atoms with Gasteiger partial charge in [-0.25, -0.2) is 29.9 Å². The fourth-order valence-electron chi connectivity index (χ4n) is 8.36. The molecular weight excluding hydrogens is 991 g/mol. The lowest BCUT2D eigenvalue weighted by Crippen LogP contribution is -2.05. The summed E-state index contributed by atoms with van der Waals surface area (Å²) in [6.45, 7) is 0. The number of allylic oxidation sites excluding steroid dienone is 1. The zero-order valence-corrected chi connectivity index (χ0v) is 41.7. The number of aromatic nitrogens is 14. The molecule has 11 aromatic heterocycles. The van der Waals surface area contributed by atoms with E-state index in [0.29, 0.717) is 47.8 Å². The van der Waals surface area contributed by atoms with Gasteiger partial charge in [-0.15, -0.1) is 30.6 Å². The fraction of sp³-hybridized carbons (Fsp3) is 0.0351. The maximum Gasteiger partial charge on any atom is 0.166 e. The van der Waals surface area contributed by atoms with Crippen molar-refractivity contribution in [2.45, 2.75) is 12.8 Å². The highest BCUT2D eigenvalue weighted by molar-refractivity contribution is 7.18. The third-order valence-electron chi connectivity index (χ3n) is 12.0. The molecule has 0 radical (unpaired) electrons. The minimum atomic E-state index is 0.654. The topological polar surface area (TPSA) is 193 Å². The number of aliphatic imine (C=N–C) groups is 1. The van der Waals surface area contributed by atoms with Crippen LogP contribution < -0.4 is 0 Å². The second-order valence-corrected chi connectivity index (χ2v) is 19.9. The number of benzene rings is 1. The highest BCUT2D eigenvalue weighted by atomic mass is 32.1. The molecule has 0 bridgehead atoms. The molecule has 0 fully saturated rings. The number of hydrogen-bond acceptors (Lipinski definition) is 18. The summed E-state index contributed by atoms with van der Waals surface area (Å²) in [5.74, 6) is 0. The van der Waals surface area contributed by atoms with Crippen LogP contribution in [-0.2, 0) is 0 Å². The highest BCUT2D eigenvalue weighted by Crippen LogP contribution is 2.39. The van der Waals surface area contributed by atoms with E-state index in [-0.39, 0.29) is 0 Å². The molecular formula is C57H35N15S3. The Morgan fingerprint density at radius 2 is 0.733 bits per heavy atom. The summed E-state index contributed by atoms with van der Waals surface area (Å²) < 4.78 is 0. The van der Waals surface area contributed by atoms with Crippen LogP contribution in [0.15, 0.2) is 194 Å². The van der Waals surface area contributed by atoms with E-state index < -0.39 is 0 Å². The highest BCUT2D eigenvalue weighted by Gasteiger charge is 2.21. The van der Waals surface area contributed by atoms with Crippen LogP contribution >= 0.6 is 34.0 Å². The number of nitrogens with zero attached hydrogens (tertiary/aromatic N) is 15. The molecule has 75 heavy (non-hydrogen) atoms.